The Morgan fingerprint density at radius 3 is 2.44 bits per heavy atom. The zero-order chi connectivity index (χ0) is 19.6. The highest BCUT2D eigenvalue weighted by atomic mass is 32.2. The standard InChI is InChI=1S/C20H19NO5S/c1-13(14-6-7-16-11-18(26-2)9-8-15(16)10-14)20(22)21-17-4-3-5-19(12-17)27(23,24)25/h3-13H,1-2H3,(H,21,22)(H,23,24,25). The van der Waals surface area contributed by atoms with Gasteiger partial charge in [-0.25, -0.2) is 0 Å². The zero-order valence-corrected chi connectivity index (χ0v) is 15.7. The minimum atomic E-state index is -4.33. The molecule has 0 spiro atoms. The minimum absolute atomic E-state index is 0.271. The van der Waals surface area contributed by atoms with Crippen LogP contribution in [0.5, 0.6) is 5.75 Å². The molecule has 0 heterocycles. The van der Waals surface area contributed by atoms with E-state index in [4.69, 9.17) is 9.29 Å². The predicted octanol–water partition coefficient (Wildman–Crippen LogP) is 3.84. The lowest BCUT2D eigenvalue weighted by atomic mass is 9.97. The monoisotopic (exact) mass is 385 g/mol. The molecule has 1 unspecified atom stereocenters. The summed E-state index contributed by atoms with van der Waals surface area (Å²) in [5.41, 5.74) is 1.13. The molecule has 1 atom stereocenters. The Kier molecular flexibility index (Phi) is 5.16. The van der Waals surface area contributed by atoms with Gasteiger partial charge >= 0.3 is 0 Å². The van der Waals surface area contributed by atoms with Crippen molar-refractivity contribution in [1.29, 1.82) is 0 Å². The van der Waals surface area contributed by atoms with E-state index < -0.39 is 16.0 Å². The number of benzene rings is 3. The number of methoxy groups -OCH3 is 1. The molecular formula is C20H19NO5S. The molecule has 7 heteroatoms. The van der Waals surface area contributed by atoms with Gasteiger partial charge in [0.05, 0.1) is 17.9 Å². The van der Waals surface area contributed by atoms with E-state index in [1.807, 2.05) is 36.4 Å². The molecule has 0 aliphatic rings. The number of nitrogens with one attached hydrogen (secondary N) is 1. The minimum Gasteiger partial charge on any atom is -0.497 e. The number of carbonyl (C=O) groups is 1. The Bertz CT molecular complexity index is 1110. The Labute approximate surface area is 157 Å². The average Bonchev–Trinajstić information content (AvgIpc) is 2.66. The second-order valence-electron chi connectivity index (χ2n) is 6.19. The van der Waals surface area contributed by atoms with Crippen molar-refractivity contribution in [1.82, 2.24) is 0 Å². The number of hydrogen-bond acceptors (Lipinski definition) is 4. The second-order valence-corrected chi connectivity index (χ2v) is 7.61. The lowest BCUT2D eigenvalue weighted by Gasteiger charge is -2.14. The molecule has 0 aliphatic carbocycles. The molecule has 0 fully saturated rings. The van der Waals surface area contributed by atoms with E-state index in [0.29, 0.717) is 5.69 Å². The van der Waals surface area contributed by atoms with Crippen molar-refractivity contribution >= 4 is 32.5 Å². The van der Waals surface area contributed by atoms with Crippen LogP contribution in [0, 0.1) is 0 Å². The highest BCUT2D eigenvalue weighted by molar-refractivity contribution is 7.85. The first-order valence-corrected chi connectivity index (χ1v) is 9.68. The molecule has 2 N–H and O–H groups in total. The van der Waals surface area contributed by atoms with Crippen molar-refractivity contribution in [2.45, 2.75) is 17.7 Å². The molecule has 0 radical (unpaired) electrons. The van der Waals surface area contributed by atoms with Crippen molar-refractivity contribution in [3.05, 3.63) is 66.2 Å². The van der Waals surface area contributed by atoms with E-state index in [0.717, 1.165) is 22.1 Å². The molecule has 27 heavy (non-hydrogen) atoms. The lowest BCUT2D eigenvalue weighted by molar-refractivity contribution is -0.117. The van der Waals surface area contributed by atoms with Crippen molar-refractivity contribution in [3.8, 4) is 5.75 Å². The Morgan fingerprint density at radius 1 is 1.04 bits per heavy atom. The molecule has 140 valence electrons. The van der Waals surface area contributed by atoms with Gasteiger partial charge in [-0.05, 0) is 53.6 Å². The third-order valence-corrected chi connectivity index (χ3v) is 5.21. The number of carbonyl (C=O) groups excluding carboxylic acids is 1. The van der Waals surface area contributed by atoms with Gasteiger partial charge < -0.3 is 10.1 Å². The van der Waals surface area contributed by atoms with E-state index in [1.165, 1.54) is 18.2 Å². The predicted molar refractivity (Wildman–Crippen MR) is 104 cm³/mol. The van der Waals surface area contributed by atoms with Gasteiger partial charge in [0, 0.05) is 5.69 Å². The second kappa shape index (κ2) is 7.38. The maximum Gasteiger partial charge on any atom is 0.294 e. The Hall–Kier alpha value is -2.90. The molecule has 0 bridgehead atoms. The highest BCUT2D eigenvalue weighted by Crippen LogP contribution is 2.26. The summed E-state index contributed by atoms with van der Waals surface area (Å²) < 4.78 is 36.8. The van der Waals surface area contributed by atoms with Crippen LogP contribution in [0.1, 0.15) is 18.4 Å². The van der Waals surface area contributed by atoms with Gasteiger partial charge in [0.2, 0.25) is 5.91 Å². The van der Waals surface area contributed by atoms with Crippen molar-refractivity contribution in [2.75, 3.05) is 12.4 Å². The topological polar surface area (TPSA) is 92.7 Å². The van der Waals surface area contributed by atoms with Crippen molar-refractivity contribution in [2.24, 2.45) is 0 Å². The number of rotatable bonds is 5. The van der Waals surface area contributed by atoms with Gasteiger partial charge in [-0.1, -0.05) is 30.3 Å². The van der Waals surface area contributed by atoms with Crippen molar-refractivity contribution in [3.63, 3.8) is 0 Å². The van der Waals surface area contributed by atoms with E-state index >= 15 is 0 Å². The van der Waals surface area contributed by atoms with Gasteiger partial charge in [-0.2, -0.15) is 8.42 Å². The number of amides is 1. The maximum absolute atomic E-state index is 12.6. The van der Waals surface area contributed by atoms with E-state index in [2.05, 4.69) is 5.32 Å². The van der Waals surface area contributed by atoms with Crippen molar-refractivity contribution < 1.29 is 22.5 Å². The average molecular weight is 385 g/mol. The van der Waals surface area contributed by atoms with Crippen LogP contribution in [-0.2, 0) is 14.9 Å². The van der Waals surface area contributed by atoms with Gasteiger partial charge in [-0.15, -0.1) is 0 Å². The molecule has 0 aliphatic heterocycles. The number of fused-ring (bicyclic) bond motifs is 1. The largest absolute Gasteiger partial charge is 0.497 e. The first-order chi connectivity index (χ1) is 12.8. The summed E-state index contributed by atoms with van der Waals surface area (Å²) in [6.07, 6.45) is 0. The van der Waals surface area contributed by atoms with Crippen LogP contribution in [0.3, 0.4) is 0 Å². The molecule has 0 aromatic heterocycles. The molecule has 6 nitrogen and oxygen atoms in total. The summed E-state index contributed by atoms with van der Waals surface area (Å²) in [6.45, 7) is 1.77. The summed E-state index contributed by atoms with van der Waals surface area (Å²) in [5, 5.41) is 4.68. The SMILES string of the molecule is COc1ccc2cc(C(C)C(=O)Nc3cccc(S(=O)(=O)O)c3)ccc2c1. The van der Waals surface area contributed by atoms with Crippen LogP contribution in [0.2, 0.25) is 0 Å². The van der Waals surface area contributed by atoms with Crippen LogP contribution in [0.4, 0.5) is 5.69 Å². The summed E-state index contributed by atoms with van der Waals surface area (Å²) in [4.78, 5) is 12.3. The van der Waals surface area contributed by atoms with Crippen LogP contribution in [0.25, 0.3) is 10.8 Å². The van der Waals surface area contributed by atoms with Gasteiger partial charge in [0.25, 0.3) is 10.1 Å². The fourth-order valence-corrected chi connectivity index (χ4v) is 3.30. The number of ether oxygens (including phenoxy) is 1. The van der Waals surface area contributed by atoms with Gasteiger partial charge in [0.1, 0.15) is 5.75 Å². The summed E-state index contributed by atoms with van der Waals surface area (Å²) in [6, 6.07) is 16.9. The first kappa shape index (κ1) is 18.9. The van der Waals surface area contributed by atoms with E-state index in [1.54, 1.807) is 20.1 Å². The Balaban J connectivity index is 1.82. The fourth-order valence-electron chi connectivity index (χ4n) is 2.77. The quantitative estimate of drug-likeness (QED) is 0.651. The van der Waals surface area contributed by atoms with Crippen LogP contribution < -0.4 is 10.1 Å². The fraction of sp³-hybridized carbons (Fsp3) is 0.150. The van der Waals surface area contributed by atoms with Crippen LogP contribution >= 0.6 is 0 Å². The number of anilines is 1. The molecule has 3 aromatic rings. The molecule has 1 amide bonds. The summed E-state index contributed by atoms with van der Waals surface area (Å²) >= 11 is 0. The molecule has 0 saturated heterocycles. The normalized spacial score (nSPS) is 12.6. The number of hydrogen-bond donors (Lipinski definition) is 2. The van der Waals surface area contributed by atoms with Gasteiger partial charge in [0.15, 0.2) is 0 Å². The Morgan fingerprint density at radius 2 is 1.74 bits per heavy atom. The molecule has 0 saturated carbocycles. The lowest BCUT2D eigenvalue weighted by Crippen LogP contribution is -2.19. The smallest absolute Gasteiger partial charge is 0.294 e. The summed E-state index contributed by atoms with van der Waals surface area (Å²) in [5.74, 6) is 0.0287. The maximum atomic E-state index is 12.6. The van der Waals surface area contributed by atoms with Gasteiger partial charge in [-0.3, -0.25) is 9.35 Å². The summed E-state index contributed by atoms with van der Waals surface area (Å²) in [7, 11) is -2.72. The van der Waals surface area contributed by atoms with E-state index in [9.17, 15) is 13.2 Å². The van der Waals surface area contributed by atoms with Crippen LogP contribution in [-0.4, -0.2) is 26.0 Å². The molecular weight excluding hydrogens is 366 g/mol. The zero-order valence-electron chi connectivity index (χ0n) is 14.8. The molecule has 3 rings (SSSR count). The highest BCUT2D eigenvalue weighted by Gasteiger charge is 2.17. The molecule has 3 aromatic carbocycles. The van der Waals surface area contributed by atoms with Crippen LogP contribution in [0.15, 0.2) is 65.6 Å². The third kappa shape index (κ3) is 4.27. The van der Waals surface area contributed by atoms with E-state index in [-0.39, 0.29) is 10.8 Å². The first-order valence-electron chi connectivity index (χ1n) is 8.24. The third-order valence-electron chi connectivity index (χ3n) is 4.36.